The fourth-order valence-corrected chi connectivity index (χ4v) is 5.36. The molecule has 9 heteroatoms. The molecular weight excluding hydrogens is 473 g/mol. The van der Waals surface area contributed by atoms with Gasteiger partial charge < -0.3 is 14.4 Å². The molecule has 1 N–H and O–H groups in total. The topological polar surface area (TPSA) is 76.2 Å². The molecule has 2 fully saturated rings. The number of benzene rings is 1. The van der Waals surface area contributed by atoms with Crippen LogP contribution in [0.5, 0.6) is 5.75 Å². The molecule has 5 heterocycles. The van der Waals surface area contributed by atoms with E-state index >= 15 is 0 Å². The number of aryl methyl sites for hydroxylation is 1. The normalized spacial score (nSPS) is 17.5. The monoisotopic (exact) mass is 495 g/mol. The van der Waals surface area contributed by atoms with Crippen molar-refractivity contribution in [2.24, 2.45) is 5.41 Å². The molecule has 3 aromatic heterocycles. The molecular formula is C25H23Cl2N5O2. The number of fused-ring (bicyclic) bond motifs is 1. The molecule has 1 spiro atoms. The Labute approximate surface area is 207 Å². The second-order valence-corrected chi connectivity index (χ2v) is 10.00. The Balaban J connectivity index is 1.24. The number of anilines is 1. The van der Waals surface area contributed by atoms with E-state index in [2.05, 4.69) is 32.2 Å². The molecule has 1 atom stereocenters. The molecule has 174 valence electrons. The lowest BCUT2D eigenvalue weighted by atomic mass is 9.78. The third-order valence-electron chi connectivity index (χ3n) is 6.65. The smallest absolute Gasteiger partial charge is 0.128 e. The van der Waals surface area contributed by atoms with Crippen LogP contribution in [0.15, 0.2) is 42.7 Å². The maximum absolute atomic E-state index is 6.46. The van der Waals surface area contributed by atoms with Crippen LogP contribution in [0.1, 0.15) is 24.3 Å². The van der Waals surface area contributed by atoms with Gasteiger partial charge in [0, 0.05) is 42.0 Å². The Hall–Kier alpha value is -2.87. The van der Waals surface area contributed by atoms with E-state index in [1.807, 2.05) is 38.2 Å². The molecule has 2 aliphatic rings. The first kappa shape index (κ1) is 21.6. The first-order chi connectivity index (χ1) is 16.4. The maximum Gasteiger partial charge on any atom is 0.128 e. The quantitative estimate of drug-likeness (QED) is 0.387. The van der Waals surface area contributed by atoms with Crippen molar-refractivity contribution in [2.45, 2.75) is 20.0 Å². The fourth-order valence-electron chi connectivity index (χ4n) is 4.71. The highest BCUT2D eigenvalue weighted by Gasteiger charge is 2.49. The number of hydrogen-bond donors (Lipinski definition) is 1. The molecule has 7 nitrogen and oxygen atoms in total. The van der Waals surface area contributed by atoms with E-state index in [9.17, 15) is 0 Å². The standard InChI is InChI=1S/C25H23Cl2N5O2/c1-14-23(27)22(19(26)9-28-14)15(2)34-17-4-5-20-18(7-17)24(31-30-20)16-3-6-21(29-8-16)32-10-25(11-32)12-33-13-25/h3-9,15H,10-13H2,1-2H3,(H,30,31)/t15-/m1/s1. The summed E-state index contributed by atoms with van der Waals surface area (Å²) < 4.78 is 11.6. The van der Waals surface area contributed by atoms with Crippen molar-refractivity contribution in [2.75, 3.05) is 31.2 Å². The Bertz CT molecular complexity index is 1380. The van der Waals surface area contributed by atoms with Gasteiger partial charge in [0.15, 0.2) is 0 Å². The van der Waals surface area contributed by atoms with Gasteiger partial charge in [0.25, 0.3) is 0 Å². The van der Waals surface area contributed by atoms with Gasteiger partial charge in [0.1, 0.15) is 23.4 Å². The van der Waals surface area contributed by atoms with E-state index in [4.69, 9.17) is 37.7 Å². The minimum absolute atomic E-state index is 0.351. The summed E-state index contributed by atoms with van der Waals surface area (Å²) in [7, 11) is 0. The molecule has 0 bridgehead atoms. The summed E-state index contributed by atoms with van der Waals surface area (Å²) in [6, 6.07) is 9.96. The highest BCUT2D eigenvalue weighted by atomic mass is 35.5. The molecule has 1 aromatic carbocycles. The lowest BCUT2D eigenvalue weighted by Crippen LogP contribution is -2.66. The SMILES string of the molecule is Cc1ncc(Cl)c([C@@H](C)Oc2ccc3[nH]nc(-c4ccc(N5CC6(COC6)C5)nc4)c3c2)c1Cl. The number of ether oxygens (including phenoxy) is 2. The number of pyridine rings is 2. The lowest BCUT2D eigenvalue weighted by Gasteiger charge is -2.55. The van der Waals surface area contributed by atoms with Gasteiger partial charge >= 0.3 is 0 Å². The Morgan fingerprint density at radius 1 is 1.12 bits per heavy atom. The minimum atomic E-state index is -0.351. The van der Waals surface area contributed by atoms with E-state index in [1.54, 1.807) is 6.20 Å². The van der Waals surface area contributed by atoms with Crippen LogP contribution >= 0.6 is 23.2 Å². The second-order valence-electron chi connectivity index (χ2n) is 9.21. The van der Waals surface area contributed by atoms with Gasteiger partial charge in [-0.15, -0.1) is 0 Å². The summed E-state index contributed by atoms with van der Waals surface area (Å²) in [5.74, 6) is 1.68. The van der Waals surface area contributed by atoms with Gasteiger partial charge in [-0.25, -0.2) is 4.98 Å². The first-order valence-electron chi connectivity index (χ1n) is 11.2. The fraction of sp³-hybridized carbons (Fsp3) is 0.320. The molecule has 4 aromatic rings. The summed E-state index contributed by atoms with van der Waals surface area (Å²) in [5.41, 5.74) is 4.49. The van der Waals surface area contributed by atoms with Gasteiger partial charge in [0.2, 0.25) is 0 Å². The molecule has 0 amide bonds. The van der Waals surface area contributed by atoms with E-state index < -0.39 is 0 Å². The Morgan fingerprint density at radius 3 is 2.65 bits per heavy atom. The summed E-state index contributed by atoms with van der Waals surface area (Å²) in [6.07, 6.45) is 3.13. The van der Waals surface area contributed by atoms with Crippen LogP contribution in [0.25, 0.3) is 22.2 Å². The number of aromatic amines is 1. The highest BCUT2D eigenvalue weighted by Crippen LogP contribution is 2.40. The van der Waals surface area contributed by atoms with Crippen molar-refractivity contribution >= 4 is 39.9 Å². The zero-order valence-electron chi connectivity index (χ0n) is 18.8. The summed E-state index contributed by atoms with van der Waals surface area (Å²) in [4.78, 5) is 11.2. The predicted molar refractivity (Wildman–Crippen MR) is 133 cm³/mol. The number of nitrogens with one attached hydrogen (secondary N) is 1. The van der Waals surface area contributed by atoms with Crippen LogP contribution in [0.4, 0.5) is 5.82 Å². The van der Waals surface area contributed by atoms with Crippen molar-refractivity contribution in [3.8, 4) is 17.0 Å². The molecule has 0 saturated carbocycles. The molecule has 0 radical (unpaired) electrons. The lowest BCUT2D eigenvalue weighted by molar-refractivity contribution is -0.127. The second kappa shape index (κ2) is 8.12. The minimum Gasteiger partial charge on any atom is -0.486 e. The van der Waals surface area contributed by atoms with Crippen LogP contribution in [-0.4, -0.2) is 46.5 Å². The highest BCUT2D eigenvalue weighted by molar-refractivity contribution is 6.36. The zero-order chi connectivity index (χ0) is 23.4. The first-order valence-corrected chi connectivity index (χ1v) is 11.9. The molecule has 34 heavy (non-hydrogen) atoms. The van der Waals surface area contributed by atoms with E-state index in [1.165, 1.54) is 0 Å². The van der Waals surface area contributed by atoms with Gasteiger partial charge in [-0.3, -0.25) is 10.1 Å². The van der Waals surface area contributed by atoms with E-state index in [-0.39, 0.29) is 6.10 Å². The van der Waals surface area contributed by atoms with Crippen LogP contribution in [0, 0.1) is 12.3 Å². The molecule has 2 aliphatic heterocycles. The van der Waals surface area contributed by atoms with Crippen LogP contribution in [0.3, 0.4) is 0 Å². The number of hydrogen-bond acceptors (Lipinski definition) is 6. The van der Waals surface area contributed by atoms with Crippen molar-refractivity contribution in [3.63, 3.8) is 0 Å². The summed E-state index contributed by atoms with van der Waals surface area (Å²) in [5, 5.41) is 9.60. The van der Waals surface area contributed by atoms with Crippen LogP contribution in [0.2, 0.25) is 10.0 Å². The Morgan fingerprint density at radius 2 is 1.94 bits per heavy atom. The average Bonchev–Trinajstić information content (AvgIpc) is 3.18. The number of H-pyrrole nitrogens is 1. The molecule has 2 saturated heterocycles. The van der Waals surface area contributed by atoms with E-state index in [0.717, 1.165) is 65.5 Å². The van der Waals surface area contributed by atoms with Crippen molar-refractivity contribution in [3.05, 3.63) is 64.0 Å². The number of aromatic nitrogens is 4. The van der Waals surface area contributed by atoms with Gasteiger partial charge in [-0.1, -0.05) is 23.2 Å². The molecule has 0 unspecified atom stereocenters. The maximum atomic E-state index is 6.46. The van der Waals surface area contributed by atoms with Crippen molar-refractivity contribution < 1.29 is 9.47 Å². The van der Waals surface area contributed by atoms with Crippen molar-refractivity contribution in [1.29, 1.82) is 0 Å². The zero-order valence-corrected chi connectivity index (χ0v) is 20.3. The third-order valence-corrected chi connectivity index (χ3v) is 7.43. The van der Waals surface area contributed by atoms with Crippen LogP contribution in [-0.2, 0) is 4.74 Å². The average molecular weight is 496 g/mol. The third kappa shape index (κ3) is 3.59. The van der Waals surface area contributed by atoms with Gasteiger partial charge in [-0.05, 0) is 44.2 Å². The Kier molecular flexibility index (Phi) is 5.17. The molecule has 6 rings (SSSR count). The van der Waals surface area contributed by atoms with Crippen molar-refractivity contribution in [1.82, 2.24) is 20.2 Å². The summed E-state index contributed by atoms with van der Waals surface area (Å²) in [6.45, 7) is 7.51. The number of rotatable bonds is 5. The van der Waals surface area contributed by atoms with E-state index in [0.29, 0.717) is 21.2 Å². The van der Waals surface area contributed by atoms with Gasteiger partial charge in [0.05, 0.1) is 39.9 Å². The van der Waals surface area contributed by atoms with Gasteiger partial charge in [-0.2, -0.15) is 5.10 Å². The summed E-state index contributed by atoms with van der Waals surface area (Å²) >= 11 is 12.8. The van der Waals surface area contributed by atoms with Crippen LogP contribution < -0.4 is 9.64 Å². The number of nitrogens with zero attached hydrogens (tertiary/aromatic N) is 4. The largest absolute Gasteiger partial charge is 0.486 e. The predicted octanol–water partition coefficient (Wildman–Crippen LogP) is 5.61. The number of halogens is 2. The molecule has 0 aliphatic carbocycles.